The highest BCUT2D eigenvalue weighted by Crippen LogP contribution is 2.31. The van der Waals surface area contributed by atoms with Gasteiger partial charge in [0.25, 0.3) is 5.91 Å². The van der Waals surface area contributed by atoms with Crippen molar-refractivity contribution < 1.29 is 13.2 Å². The Kier molecular flexibility index (Phi) is 4.46. The molecule has 1 aliphatic heterocycles. The van der Waals surface area contributed by atoms with Gasteiger partial charge in [-0.15, -0.1) is 11.3 Å². The molecule has 21 heavy (non-hydrogen) atoms. The van der Waals surface area contributed by atoms with Crippen molar-refractivity contribution in [3.05, 3.63) is 16.5 Å². The molecule has 1 aliphatic rings. The highest BCUT2D eigenvalue weighted by Gasteiger charge is 2.28. The van der Waals surface area contributed by atoms with Gasteiger partial charge >= 0.3 is 0 Å². The molecule has 1 saturated heterocycles. The minimum absolute atomic E-state index is 0.0843. The van der Waals surface area contributed by atoms with Gasteiger partial charge in [0.1, 0.15) is 4.21 Å². The number of nitrogens with two attached hydrogens (primary N) is 1. The molecule has 2 heterocycles. The van der Waals surface area contributed by atoms with Gasteiger partial charge < -0.3 is 4.90 Å². The third-order valence-corrected chi connectivity index (χ3v) is 6.79. The van der Waals surface area contributed by atoms with E-state index in [9.17, 15) is 13.2 Å². The molecule has 5 nitrogen and oxygen atoms in total. The van der Waals surface area contributed by atoms with Crippen molar-refractivity contribution in [2.45, 2.75) is 44.2 Å². The fourth-order valence-electron chi connectivity index (χ4n) is 2.69. The quantitative estimate of drug-likeness (QED) is 0.904. The van der Waals surface area contributed by atoms with Gasteiger partial charge in [0.2, 0.25) is 10.0 Å². The average molecular weight is 330 g/mol. The number of hydrogen-bond donors (Lipinski definition) is 1. The predicted octanol–water partition coefficient (Wildman–Crippen LogP) is 2.36. The number of nitrogens with zero attached hydrogens (tertiary/aromatic N) is 1. The predicted molar refractivity (Wildman–Crippen MR) is 84.0 cm³/mol. The normalized spacial score (nSPS) is 19.3. The van der Waals surface area contributed by atoms with E-state index in [1.807, 2.05) is 4.90 Å². The van der Waals surface area contributed by atoms with E-state index < -0.39 is 10.0 Å². The SMILES string of the molecule is Cc1c(C(=O)N2CCCC(C)(C)CC2)csc1S(N)(=O)=O. The Bertz CT molecular complexity index is 647. The number of thiophene rings is 1. The molecule has 0 aromatic carbocycles. The number of primary sulfonamides is 1. The van der Waals surface area contributed by atoms with Crippen molar-refractivity contribution in [3.8, 4) is 0 Å². The molecule has 1 aromatic heterocycles. The second kappa shape index (κ2) is 5.70. The largest absolute Gasteiger partial charge is 0.339 e. The fourth-order valence-corrected chi connectivity index (χ4v) is 4.69. The van der Waals surface area contributed by atoms with Gasteiger partial charge in [0.05, 0.1) is 5.56 Å². The summed E-state index contributed by atoms with van der Waals surface area (Å²) in [5.41, 5.74) is 1.18. The Labute approximate surface area is 130 Å². The van der Waals surface area contributed by atoms with Crippen molar-refractivity contribution >= 4 is 27.3 Å². The lowest BCUT2D eigenvalue weighted by molar-refractivity contribution is 0.0757. The van der Waals surface area contributed by atoms with Crippen LogP contribution in [0.2, 0.25) is 0 Å². The zero-order valence-electron chi connectivity index (χ0n) is 12.7. The van der Waals surface area contributed by atoms with Crippen LogP contribution < -0.4 is 5.14 Å². The van der Waals surface area contributed by atoms with Crippen molar-refractivity contribution in [3.63, 3.8) is 0 Å². The number of sulfonamides is 1. The van der Waals surface area contributed by atoms with Crippen LogP contribution in [0.3, 0.4) is 0 Å². The molecule has 2 N–H and O–H groups in total. The van der Waals surface area contributed by atoms with Gasteiger partial charge in [-0.3, -0.25) is 4.79 Å². The van der Waals surface area contributed by atoms with Gasteiger partial charge in [-0.25, -0.2) is 13.6 Å². The number of hydrogen-bond acceptors (Lipinski definition) is 4. The third-order valence-electron chi connectivity index (χ3n) is 4.11. The lowest BCUT2D eigenvalue weighted by Gasteiger charge is -2.23. The van der Waals surface area contributed by atoms with E-state index in [-0.39, 0.29) is 15.5 Å². The maximum atomic E-state index is 12.6. The van der Waals surface area contributed by atoms with Crippen molar-refractivity contribution in [2.24, 2.45) is 10.6 Å². The number of likely N-dealkylation sites (tertiary alicyclic amines) is 1. The summed E-state index contributed by atoms with van der Waals surface area (Å²) in [6, 6.07) is 0. The number of rotatable bonds is 2. The molecular formula is C14H22N2O3S2. The molecule has 1 aromatic rings. The molecule has 0 radical (unpaired) electrons. The molecule has 2 rings (SSSR count). The first kappa shape index (κ1) is 16.5. The molecular weight excluding hydrogens is 308 g/mol. The topological polar surface area (TPSA) is 80.5 Å². The van der Waals surface area contributed by atoms with Crippen molar-refractivity contribution in [1.82, 2.24) is 4.90 Å². The maximum Gasteiger partial charge on any atom is 0.255 e. The van der Waals surface area contributed by atoms with Crippen LogP contribution in [-0.4, -0.2) is 32.3 Å². The van der Waals surface area contributed by atoms with Gasteiger partial charge in [-0.2, -0.15) is 0 Å². The first-order valence-corrected chi connectivity index (χ1v) is 9.44. The first-order chi connectivity index (χ1) is 9.62. The summed E-state index contributed by atoms with van der Waals surface area (Å²) in [4.78, 5) is 14.5. The first-order valence-electron chi connectivity index (χ1n) is 7.02. The molecule has 7 heteroatoms. The lowest BCUT2D eigenvalue weighted by atomic mass is 9.85. The standard InChI is InChI=1S/C14H22N2O3S2/c1-10-11(9-20-13(10)21(15,18)19)12(17)16-7-4-5-14(2,3)6-8-16/h9H,4-8H2,1-3H3,(H2,15,18,19). The molecule has 0 bridgehead atoms. The number of carbonyl (C=O) groups is 1. The molecule has 1 amide bonds. The Morgan fingerprint density at radius 1 is 1.33 bits per heavy atom. The van der Waals surface area contributed by atoms with Crippen LogP contribution in [0.1, 0.15) is 49.0 Å². The Balaban J connectivity index is 2.23. The zero-order valence-corrected chi connectivity index (χ0v) is 14.3. The molecule has 0 aliphatic carbocycles. The summed E-state index contributed by atoms with van der Waals surface area (Å²) < 4.78 is 23.0. The second-order valence-corrected chi connectivity index (χ2v) is 9.05. The Morgan fingerprint density at radius 3 is 2.57 bits per heavy atom. The smallest absolute Gasteiger partial charge is 0.255 e. The summed E-state index contributed by atoms with van der Waals surface area (Å²) >= 11 is 1.02. The molecule has 1 fully saturated rings. The van der Waals surface area contributed by atoms with Gasteiger partial charge in [-0.1, -0.05) is 13.8 Å². The number of amides is 1. The summed E-state index contributed by atoms with van der Waals surface area (Å²) in [6.07, 6.45) is 3.04. The van der Waals surface area contributed by atoms with Gasteiger partial charge in [0, 0.05) is 18.5 Å². The monoisotopic (exact) mass is 330 g/mol. The van der Waals surface area contributed by atoms with E-state index in [2.05, 4.69) is 13.8 Å². The zero-order chi connectivity index (χ0) is 15.8. The van der Waals surface area contributed by atoms with Crippen LogP contribution in [-0.2, 0) is 10.0 Å². The Hall–Kier alpha value is -0.920. The summed E-state index contributed by atoms with van der Waals surface area (Å²) in [5, 5.41) is 6.77. The molecule has 0 spiro atoms. The van der Waals surface area contributed by atoms with Crippen molar-refractivity contribution in [1.29, 1.82) is 0 Å². The minimum atomic E-state index is -3.75. The molecule has 0 unspecified atom stereocenters. The van der Waals surface area contributed by atoms with Gasteiger partial charge in [0.15, 0.2) is 0 Å². The van der Waals surface area contributed by atoms with E-state index >= 15 is 0 Å². The van der Waals surface area contributed by atoms with E-state index in [1.165, 1.54) is 0 Å². The lowest BCUT2D eigenvalue weighted by Crippen LogP contribution is -2.32. The van der Waals surface area contributed by atoms with Crippen LogP contribution in [0, 0.1) is 12.3 Å². The van der Waals surface area contributed by atoms with Crippen molar-refractivity contribution in [2.75, 3.05) is 13.1 Å². The van der Waals surface area contributed by atoms with Crippen LogP contribution >= 0.6 is 11.3 Å². The van der Waals surface area contributed by atoms with Crippen LogP contribution in [0.25, 0.3) is 0 Å². The van der Waals surface area contributed by atoms with Crippen LogP contribution in [0.4, 0.5) is 0 Å². The third kappa shape index (κ3) is 3.64. The highest BCUT2D eigenvalue weighted by molar-refractivity contribution is 7.91. The highest BCUT2D eigenvalue weighted by atomic mass is 32.2. The molecule has 118 valence electrons. The summed E-state index contributed by atoms with van der Waals surface area (Å²) in [7, 11) is -3.75. The molecule has 0 atom stereocenters. The fraction of sp³-hybridized carbons (Fsp3) is 0.643. The van der Waals surface area contributed by atoms with Gasteiger partial charge in [-0.05, 0) is 37.2 Å². The second-order valence-electron chi connectivity index (χ2n) is 6.42. The Morgan fingerprint density at radius 2 is 2.00 bits per heavy atom. The number of carbonyl (C=O) groups excluding carboxylic acids is 1. The van der Waals surface area contributed by atoms with E-state index in [0.717, 1.165) is 37.1 Å². The summed E-state index contributed by atoms with van der Waals surface area (Å²) in [6.45, 7) is 7.52. The summed E-state index contributed by atoms with van der Waals surface area (Å²) in [5.74, 6) is -0.0867. The minimum Gasteiger partial charge on any atom is -0.339 e. The van der Waals surface area contributed by atoms with Crippen LogP contribution in [0.15, 0.2) is 9.59 Å². The molecule has 0 saturated carbocycles. The average Bonchev–Trinajstić information content (AvgIpc) is 2.64. The van der Waals surface area contributed by atoms with Crippen LogP contribution in [0.5, 0.6) is 0 Å². The maximum absolute atomic E-state index is 12.6. The van der Waals surface area contributed by atoms with E-state index in [1.54, 1.807) is 12.3 Å². The van der Waals surface area contributed by atoms with E-state index in [4.69, 9.17) is 5.14 Å². The van der Waals surface area contributed by atoms with E-state index in [0.29, 0.717) is 17.7 Å².